The quantitative estimate of drug-likeness (QED) is 0.382. The van der Waals surface area contributed by atoms with E-state index in [2.05, 4.69) is 29.8 Å². The van der Waals surface area contributed by atoms with Crippen LogP contribution in [0.25, 0.3) is 6.08 Å². The SMILES string of the molecule is COc1ccc(N2C(=O)/C(=C/c3ccc(OCC(C)C)c(Br)c3)SC2=S)cc1. The van der Waals surface area contributed by atoms with Gasteiger partial charge in [-0.3, -0.25) is 9.69 Å². The Morgan fingerprint density at radius 1 is 1.21 bits per heavy atom. The van der Waals surface area contributed by atoms with Crippen molar-refractivity contribution in [2.75, 3.05) is 18.6 Å². The minimum absolute atomic E-state index is 0.128. The van der Waals surface area contributed by atoms with E-state index in [4.69, 9.17) is 21.7 Å². The maximum atomic E-state index is 12.9. The molecule has 2 aromatic carbocycles. The number of thioether (sulfide) groups is 1. The largest absolute Gasteiger partial charge is 0.497 e. The van der Waals surface area contributed by atoms with Gasteiger partial charge in [0.2, 0.25) is 0 Å². The number of carbonyl (C=O) groups is 1. The number of hydrogen-bond donors (Lipinski definition) is 0. The molecule has 1 heterocycles. The van der Waals surface area contributed by atoms with Gasteiger partial charge in [0, 0.05) is 0 Å². The van der Waals surface area contributed by atoms with Crippen molar-refractivity contribution in [3.05, 3.63) is 57.4 Å². The fourth-order valence-corrected chi connectivity index (χ4v) is 4.36. The van der Waals surface area contributed by atoms with Crippen molar-refractivity contribution >= 4 is 61.9 Å². The van der Waals surface area contributed by atoms with Gasteiger partial charge in [-0.25, -0.2) is 0 Å². The molecule has 28 heavy (non-hydrogen) atoms. The Bertz CT molecular complexity index is 926. The number of rotatable bonds is 6. The molecule has 0 saturated carbocycles. The Morgan fingerprint density at radius 3 is 2.54 bits per heavy atom. The lowest BCUT2D eigenvalue weighted by Crippen LogP contribution is -2.27. The molecule has 0 aliphatic carbocycles. The molecule has 0 spiro atoms. The van der Waals surface area contributed by atoms with Crippen LogP contribution >= 0.6 is 39.9 Å². The Labute approximate surface area is 183 Å². The lowest BCUT2D eigenvalue weighted by Gasteiger charge is -2.14. The molecule has 0 radical (unpaired) electrons. The molecule has 1 saturated heterocycles. The first-order valence-corrected chi connectivity index (χ1v) is 10.7. The number of thiocarbonyl (C=S) groups is 1. The molecule has 0 unspecified atom stereocenters. The Morgan fingerprint density at radius 2 is 1.93 bits per heavy atom. The fourth-order valence-electron chi connectivity index (χ4n) is 2.55. The van der Waals surface area contributed by atoms with Crippen molar-refractivity contribution in [2.45, 2.75) is 13.8 Å². The molecular formula is C21H20BrNO3S2. The number of anilines is 1. The lowest BCUT2D eigenvalue weighted by molar-refractivity contribution is -0.113. The number of halogens is 1. The van der Waals surface area contributed by atoms with Gasteiger partial charge in [-0.2, -0.15) is 0 Å². The summed E-state index contributed by atoms with van der Waals surface area (Å²) >= 11 is 10.3. The van der Waals surface area contributed by atoms with Crippen molar-refractivity contribution < 1.29 is 14.3 Å². The summed E-state index contributed by atoms with van der Waals surface area (Å²) in [7, 11) is 1.61. The molecule has 4 nitrogen and oxygen atoms in total. The van der Waals surface area contributed by atoms with Crippen LogP contribution in [0.1, 0.15) is 19.4 Å². The van der Waals surface area contributed by atoms with Gasteiger partial charge >= 0.3 is 0 Å². The lowest BCUT2D eigenvalue weighted by atomic mass is 10.2. The summed E-state index contributed by atoms with van der Waals surface area (Å²) in [6, 6.07) is 13.0. The van der Waals surface area contributed by atoms with Gasteiger partial charge in [-0.1, -0.05) is 43.9 Å². The molecule has 1 aliphatic heterocycles. The fraction of sp³-hybridized carbons (Fsp3) is 0.238. The highest BCUT2D eigenvalue weighted by Gasteiger charge is 2.33. The zero-order valence-corrected chi connectivity index (χ0v) is 19.0. The van der Waals surface area contributed by atoms with E-state index >= 15 is 0 Å². The van der Waals surface area contributed by atoms with Crippen LogP contribution in [-0.2, 0) is 4.79 Å². The average molecular weight is 478 g/mol. The van der Waals surface area contributed by atoms with Crippen LogP contribution in [0.4, 0.5) is 5.69 Å². The van der Waals surface area contributed by atoms with E-state index in [1.807, 2.05) is 48.5 Å². The van der Waals surface area contributed by atoms with Gasteiger partial charge in [0.1, 0.15) is 11.5 Å². The van der Waals surface area contributed by atoms with E-state index in [-0.39, 0.29) is 5.91 Å². The maximum absolute atomic E-state index is 12.9. The predicted molar refractivity (Wildman–Crippen MR) is 123 cm³/mol. The van der Waals surface area contributed by atoms with Crippen LogP contribution in [0.5, 0.6) is 11.5 Å². The van der Waals surface area contributed by atoms with Gasteiger partial charge in [-0.05, 0) is 69.9 Å². The maximum Gasteiger partial charge on any atom is 0.270 e. The number of ether oxygens (including phenoxy) is 2. The molecule has 0 bridgehead atoms. The summed E-state index contributed by atoms with van der Waals surface area (Å²) in [5.74, 6) is 1.84. The van der Waals surface area contributed by atoms with Gasteiger partial charge in [0.15, 0.2) is 4.32 Å². The third-order valence-corrected chi connectivity index (χ3v) is 5.87. The first-order valence-electron chi connectivity index (χ1n) is 8.73. The summed E-state index contributed by atoms with van der Waals surface area (Å²) < 4.78 is 12.3. The van der Waals surface area contributed by atoms with Gasteiger partial charge in [0.25, 0.3) is 5.91 Å². The van der Waals surface area contributed by atoms with Crippen LogP contribution < -0.4 is 14.4 Å². The minimum atomic E-state index is -0.128. The van der Waals surface area contributed by atoms with Crippen molar-refractivity contribution in [1.82, 2.24) is 0 Å². The van der Waals surface area contributed by atoms with E-state index < -0.39 is 0 Å². The van der Waals surface area contributed by atoms with Gasteiger partial charge in [-0.15, -0.1) is 0 Å². The number of nitrogens with zero attached hydrogens (tertiary/aromatic N) is 1. The van der Waals surface area contributed by atoms with Crippen LogP contribution in [0.2, 0.25) is 0 Å². The molecule has 1 aliphatic rings. The molecule has 1 fully saturated rings. The van der Waals surface area contributed by atoms with Crippen molar-refractivity contribution in [2.24, 2.45) is 5.92 Å². The molecule has 7 heteroatoms. The predicted octanol–water partition coefficient (Wildman–Crippen LogP) is 5.90. The summed E-state index contributed by atoms with van der Waals surface area (Å²) in [6.07, 6.45) is 1.85. The first kappa shape index (κ1) is 20.9. The molecule has 3 rings (SSSR count). The van der Waals surface area contributed by atoms with Crippen LogP contribution in [-0.4, -0.2) is 23.9 Å². The van der Waals surface area contributed by atoms with E-state index in [1.165, 1.54) is 11.8 Å². The van der Waals surface area contributed by atoms with E-state index in [0.717, 1.165) is 27.2 Å². The molecule has 1 amide bonds. The van der Waals surface area contributed by atoms with Crippen LogP contribution in [0.15, 0.2) is 51.8 Å². The zero-order chi connectivity index (χ0) is 20.3. The van der Waals surface area contributed by atoms with Crippen molar-refractivity contribution in [3.8, 4) is 11.5 Å². The second-order valence-electron chi connectivity index (χ2n) is 6.61. The molecule has 0 N–H and O–H groups in total. The summed E-state index contributed by atoms with van der Waals surface area (Å²) in [5, 5.41) is 0. The highest BCUT2D eigenvalue weighted by atomic mass is 79.9. The molecule has 146 valence electrons. The van der Waals surface area contributed by atoms with E-state index in [9.17, 15) is 4.79 Å². The molecule has 2 aromatic rings. The number of carbonyl (C=O) groups excluding carboxylic acids is 1. The van der Waals surface area contributed by atoms with Crippen molar-refractivity contribution in [3.63, 3.8) is 0 Å². The molecular weight excluding hydrogens is 458 g/mol. The highest BCUT2D eigenvalue weighted by molar-refractivity contribution is 9.10. The molecule has 0 atom stereocenters. The first-order chi connectivity index (χ1) is 13.4. The van der Waals surface area contributed by atoms with Gasteiger partial charge < -0.3 is 9.47 Å². The topological polar surface area (TPSA) is 38.8 Å². The van der Waals surface area contributed by atoms with Crippen LogP contribution in [0, 0.1) is 5.92 Å². The number of hydrogen-bond acceptors (Lipinski definition) is 5. The summed E-state index contributed by atoms with van der Waals surface area (Å²) in [5.41, 5.74) is 1.63. The monoisotopic (exact) mass is 477 g/mol. The summed E-state index contributed by atoms with van der Waals surface area (Å²) in [6.45, 7) is 4.86. The summed E-state index contributed by atoms with van der Waals surface area (Å²) in [4.78, 5) is 15.0. The average Bonchev–Trinajstić information content (AvgIpc) is 2.94. The van der Waals surface area contributed by atoms with Crippen molar-refractivity contribution in [1.29, 1.82) is 0 Å². The second-order valence-corrected chi connectivity index (χ2v) is 9.14. The minimum Gasteiger partial charge on any atom is -0.497 e. The number of amides is 1. The van der Waals surface area contributed by atoms with Gasteiger partial charge in [0.05, 0.1) is 28.8 Å². The Kier molecular flexibility index (Phi) is 6.80. The van der Waals surface area contributed by atoms with E-state index in [1.54, 1.807) is 12.0 Å². The normalized spacial score (nSPS) is 15.6. The Hall–Kier alpha value is -1.83. The van der Waals surface area contributed by atoms with E-state index in [0.29, 0.717) is 21.8 Å². The third kappa shape index (κ3) is 4.77. The molecule has 0 aromatic heterocycles. The number of benzene rings is 2. The second kappa shape index (κ2) is 9.11. The number of methoxy groups -OCH3 is 1. The zero-order valence-electron chi connectivity index (χ0n) is 15.8. The van der Waals surface area contributed by atoms with Crippen LogP contribution in [0.3, 0.4) is 0 Å². The standard InChI is InChI=1S/C21H20BrNO3S2/c1-13(2)12-26-18-9-4-14(10-17(18)22)11-19-20(24)23(21(27)28-19)15-5-7-16(25-3)8-6-15/h4-11,13H,12H2,1-3H3/b19-11-. The Balaban J connectivity index is 1.80. The smallest absolute Gasteiger partial charge is 0.270 e. The highest BCUT2D eigenvalue weighted by Crippen LogP contribution is 2.37. The third-order valence-electron chi connectivity index (χ3n) is 3.95.